The molecule has 0 radical (unpaired) electrons. The minimum absolute atomic E-state index is 0.0637. The zero-order chi connectivity index (χ0) is 43.1. The van der Waals surface area contributed by atoms with Crippen molar-refractivity contribution in [2.45, 2.75) is 303 Å². The van der Waals surface area contributed by atoms with Gasteiger partial charge in [-0.3, -0.25) is 14.4 Å². The Morgan fingerprint density at radius 3 is 0.881 bits per heavy atom. The Kier molecular flexibility index (Phi) is 46.2. The van der Waals surface area contributed by atoms with E-state index < -0.39 is 6.10 Å². The van der Waals surface area contributed by atoms with Crippen LogP contribution in [0, 0.1) is 5.92 Å². The predicted molar refractivity (Wildman–Crippen MR) is 252 cm³/mol. The Balaban J connectivity index is 4.09. The number of rotatable bonds is 48. The van der Waals surface area contributed by atoms with Crippen LogP contribution < -0.4 is 0 Å². The van der Waals surface area contributed by atoms with E-state index in [1.165, 1.54) is 186 Å². The maximum atomic E-state index is 12.7. The summed E-state index contributed by atoms with van der Waals surface area (Å²) < 4.78 is 16.7. The normalized spacial score (nSPS) is 12.4. The molecule has 0 saturated heterocycles. The van der Waals surface area contributed by atoms with Gasteiger partial charge in [0.25, 0.3) is 0 Å². The predicted octanol–water partition coefficient (Wildman–Crippen LogP) is 17.1. The summed E-state index contributed by atoms with van der Waals surface area (Å²) in [4.78, 5) is 37.7. The Hall–Kier alpha value is -1.59. The van der Waals surface area contributed by atoms with Crippen LogP contribution >= 0.6 is 0 Å². The summed E-state index contributed by atoms with van der Waals surface area (Å²) >= 11 is 0. The molecule has 0 fully saturated rings. The van der Waals surface area contributed by atoms with Crippen LogP contribution in [0.2, 0.25) is 0 Å². The highest BCUT2D eigenvalue weighted by atomic mass is 16.6. The van der Waals surface area contributed by atoms with Crippen LogP contribution in [0.5, 0.6) is 0 Å². The van der Waals surface area contributed by atoms with Crippen LogP contribution in [0.4, 0.5) is 0 Å². The minimum atomic E-state index is -0.759. The molecule has 6 heteroatoms. The molecule has 2 atom stereocenters. The number of ether oxygens (including phenoxy) is 3. The molecule has 0 aromatic carbocycles. The van der Waals surface area contributed by atoms with E-state index in [0.717, 1.165) is 70.1 Å². The Bertz CT molecular complexity index is 889. The minimum Gasteiger partial charge on any atom is -0.462 e. The number of carbonyl (C=O) groups excluding carboxylic acids is 3. The molecule has 0 aliphatic carbocycles. The van der Waals surface area contributed by atoms with Crippen LogP contribution in [-0.2, 0) is 28.6 Å². The molecule has 0 aliphatic rings. The third-order valence-electron chi connectivity index (χ3n) is 12.4. The first-order valence-corrected chi connectivity index (χ1v) is 26.4. The van der Waals surface area contributed by atoms with Crippen molar-refractivity contribution >= 4 is 17.9 Å². The lowest BCUT2D eigenvalue weighted by molar-refractivity contribution is -0.167. The van der Waals surface area contributed by atoms with E-state index in [9.17, 15) is 14.4 Å². The van der Waals surface area contributed by atoms with Gasteiger partial charge >= 0.3 is 17.9 Å². The summed E-state index contributed by atoms with van der Waals surface area (Å²) in [5.41, 5.74) is 0. The summed E-state index contributed by atoms with van der Waals surface area (Å²) in [6.45, 7) is 9.00. The van der Waals surface area contributed by atoms with Gasteiger partial charge in [-0.05, 0) is 25.2 Å². The van der Waals surface area contributed by atoms with E-state index in [4.69, 9.17) is 14.2 Å². The second kappa shape index (κ2) is 47.5. The molecule has 6 nitrogen and oxygen atoms in total. The first kappa shape index (κ1) is 57.4. The second-order valence-electron chi connectivity index (χ2n) is 18.4. The molecule has 59 heavy (non-hydrogen) atoms. The van der Waals surface area contributed by atoms with Gasteiger partial charge in [-0.2, -0.15) is 0 Å². The van der Waals surface area contributed by atoms with Gasteiger partial charge in [-0.15, -0.1) is 0 Å². The van der Waals surface area contributed by atoms with E-state index in [1.54, 1.807) is 0 Å². The van der Waals surface area contributed by atoms with Crippen molar-refractivity contribution < 1.29 is 28.6 Å². The van der Waals surface area contributed by atoms with Crippen LogP contribution in [0.1, 0.15) is 297 Å². The lowest BCUT2D eigenvalue weighted by Gasteiger charge is -2.18. The molecule has 0 aromatic heterocycles. The lowest BCUT2D eigenvalue weighted by Crippen LogP contribution is -2.30. The van der Waals surface area contributed by atoms with E-state index >= 15 is 0 Å². The molecular weight excluding hydrogens is 733 g/mol. The quantitative estimate of drug-likeness (QED) is 0.0345. The van der Waals surface area contributed by atoms with Gasteiger partial charge < -0.3 is 14.2 Å². The van der Waals surface area contributed by atoms with Crippen LogP contribution in [0.25, 0.3) is 0 Å². The molecule has 0 aromatic rings. The van der Waals surface area contributed by atoms with Gasteiger partial charge in [0.15, 0.2) is 6.10 Å². The van der Waals surface area contributed by atoms with E-state index in [1.807, 2.05) is 0 Å². The molecule has 350 valence electrons. The number of esters is 3. The maximum Gasteiger partial charge on any atom is 0.306 e. The van der Waals surface area contributed by atoms with Crippen molar-refractivity contribution in [1.82, 2.24) is 0 Å². The Morgan fingerprint density at radius 2 is 0.593 bits per heavy atom. The average Bonchev–Trinajstić information content (AvgIpc) is 3.23. The van der Waals surface area contributed by atoms with E-state index in [2.05, 4.69) is 27.7 Å². The summed E-state index contributed by atoms with van der Waals surface area (Å²) in [7, 11) is 0. The molecule has 0 aliphatic heterocycles. The first-order chi connectivity index (χ1) is 28.9. The standard InChI is InChI=1S/C53H102O6/c1-5-8-10-12-13-14-15-16-17-18-19-20-24-27-30-33-37-41-45-52(55)58-48-50(47-57-51(54)44-40-35-11-9-6-2)59-53(56)46-42-38-34-31-28-25-22-21-23-26-29-32-36-39-43-49(4)7-3/h49-50H,5-48H2,1-4H3/t49?,50-/m1/s1. The highest BCUT2D eigenvalue weighted by molar-refractivity contribution is 5.71. The zero-order valence-electron chi connectivity index (χ0n) is 40.2. The van der Waals surface area contributed by atoms with Gasteiger partial charge in [0.2, 0.25) is 0 Å². The van der Waals surface area contributed by atoms with Crippen LogP contribution in [0.3, 0.4) is 0 Å². The molecule has 0 bridgehead atoms. The molecule has 0 amide bonds. The molecule has 0 spiro atoms. The molecule has 1 unspecified atom stereocenters. The molecule has 0 N–H and O–H groups in total. The Morgan fingerprint density at radius 1 is 0.339 bits per heavy atom. The van der Waals surface area contributed by atoms with Gasteiger partial charge in [0.05, 0.1) is 0 Å². The van der Waals surface area contributed by atoms with Crippen molar-refractivity contribution in [2.75, 3.05) is 13.2 Å². The smallest absolute Gasteiger partial charge is 0.306 e. The van der Waals surface area contributed by atoms with E-state index in [0.29, 0.717) is 19.3 Å². The van der Waals surface area contributed by atoms with Gasteiger partial charge in [-0.25, -0.2) is 0 Å². The lowest BCUT2D eigenvalue weighted by atomic mass is 9.99. The van der Waals surface area contributed by atoms with Gasteiger partial charge in [0.1, 0.15) is 13.2 Å². The van der Waals surface area contributed by atoms with Crippen molar-refractivity contribution in [3.63, 3.8) is 0 Å². The summed E-state index contributed by atoms with van der Waals surface area (Å²) in [5.74, 6) is 0.0364. The molecule has 0 saturated carbocycles. The fraction of sp³-hybridized carbons (Fsp3) is 0.943. The largest absolute Gasteiger partial charge is 0.462 e. The van der Waals surface area contributed by atoms with Crippen molar-refractivity contribution in [3.8, 4) is 0 Å². The topological polar surface area (TPSA) is 78.9 Å². The van der Waals surface area contributed by atoms with Crippen molar-refractivity contribution in [1.29, 1.82) is 0 Å². The third kappa shape index (κ3) is 45.8. The molecule has 0 heterocycles. The number of carbonyl (C=O) groups is 3. The fourth-order valence-electron chi connectivity index (χ4n) is 8.01. The Labute approximate surface area is 368 Å². The number of hydrogen-bond acceptors (Lipinski definition) is 6. The van der Waals surface area contributed by atoms with Crippen molar-refractivity contribution in [3.05, 3.63) is 0 Å². The molecule has 0 rings (SSSR count). The number of unbranched alkanes of at least 4 members (excludes halogenated alkanes) is 34. The van der Waals surface area contributed by atoms with Gasteiger partial charge in [-0.1, -0.05) is 259 Å². The highest BCUT2D eigenvalue weighted by Crippen LogP contribution is 2.18. The van der Waals surface area contributed by atoms with Gasteiger partial charge in [0, 0.05) is 19.3 Å². The fourth-order valence-corrected chi connectivity index (χ4v) is 8.01. The maximum absolute atomic E-state index is 12.7. The third-order valence-corrected chi connectivity index (χ3v) is 12.4. The SMILES string of the molecule is CCCCCCCCCCCCCCCCCCCCC(=O)OC[C@@H](COC(=O)CCCCCCC)OC(=O)CCCCCCCCCCCCCCCCC(C)CC. The summed E-state index contributed by atoms with van der Waals surface area (Å²) in [5, 5.41) is 0. The van der Waals surface area contributed by atoms with E-state index in [-0.39, 0.29) is 31.1 Å². The summed E-state index contributed by atoms with van der Waals surface area (Å²) in [6.07, 6.45) is 49.8. The molecular formula is C53H102O6. The zero-order valence-corrected chi connectivity index (χ0v) is 40.2. The summed E-state index contributed by atoms with van der Waals surface area (Å²) in [6, 6.07) is 0. The van der Waals surface area contributed by atoms with Crippen molar-refractivity contribution in [2.24, 2.45) is 5.92 Å². The monoisotopic (exact) mass is 835 g/mol. The van der Waals surface area contributed by atoms with Crippen LogP contribution in [-0.4, -0.2) is 37.2 Å². The second-order valence-corrected chi connectivity index (χ2v) is 18.4. The van der Waals surface area contributed by atoms with Crippen LogP contribution in [0.15, 0.2) is 0 Å². The highest BCUT2D eigenvalue weighted by Gasteiger charge is 2.19. The number of hydrogen-bond donors (Lipinski definition) is 0. The first-order valence-electron chi connectivity index (χ1n) is 26.4. The average molecular weight is 835 g/mol.